The number of rotatable bonds is 3. The second-order valence-corrected chi connectivity index (χ2v) is 11.4. The molecule has 0 unspecified atom stereocenters. The molecule has 2 aliphatic heterocycles. The molecule has 0 amide bonds. The molecule has 5 heterocycles. The van der Waals surface area contributed by atoms with E-state index >= 15 is 0 Å². The van der Waals surface area contributed by atoms with Crippen molar-refractivity contribution in [2.75, 3.05) is 52.6 Å². The SMILES string of the molecule is Cc1cc2c3cccn3ccn2c1P(=S)(N1CCOCC1)N1CCOCC1. The van der Waals surface area contributed by atoms with E-state index in [4.69, 9.17) is 21.3 Å². The Hall–Kier alpha value is -1.21. The first-order valence-corrected chi connectivity index (χ1v) is 12.2. The van der Waals surface area contributed by atoms with Crippen molar-refractivity contribution in [1.29, 1.82) is 0 Å². The topological polar surface area (TPSA) is 33.8 Å². The first-order chi connectivity index (χ1) is 13.2. The van der Waals surface area contributed by atoms with Crippen LogP contribution < -0.4 is 5.44 Å². The van der Waals surface area contributed by atoms with Gasteiger partial charge in [0.2, 0.25) is 0 Å². The normalized spacial score (nSPS) is 20.6. The number of ether oxygens (including phenoxy) is 2. The molecule has 144 valence electrons. The third-order valence-electron chi connectivity index (χ3n) is 5.63. The molecule has 2 fully saturated rings. The van der Waals surface area contributed by atoms with Crippen LogP contribution in [0, 0.1) is 6.92 Å². The molecule has 0 aromatic carbocycles. The fourth-order valence-electron chi connectivity index (χ4n) is 4.34. The Bertz CT molecular complexity index is 995. The molecule has 2 saturated heterocycles. The van der Waals surface area contributed by atoms with Gasteiger partial charge < -0.3 is 18.3 Å². The molecule has 2 aliphatic rings. The highest BCUT2D eigenvalue weighted by Crippen LogP contribution is 2.54. The van der Waals surface area contributed by atoms with E-state index in [0.29, 0.717) is 0 Å². The second-order valence-electron chi connectivity index (χ2n) is 7.18. The van der Waals surface area contributed by atoms with Crippen LogP contribution in [0.1, 0.15) is 5.56 Å². The van der Waals surface area contributed by atoms with E-state index < -0.39 is 6.34 Å². The van der Waals surface area contributed by atoms with E-state index in [1.54, 1.807) is 0 Å². The Labute approximate surface area is 164 Å². The van der Waals surface area contributed by atoms with E-state index in [-0.39, 0.29) is 0 Å². The predicted molar refractivity (Wildman–Crippen MR) is 112 cm³/mol. The summed E-state index contributed by atoms with van der Waals surface area (Å²) in [4.78, 5) is 0. The number of fused-ring (bicyclic) bond motifs is 3. The molecule has 0 saturated carbocycles. The minimum Gasteiger partial charge on any atom is -0.379 e. The Morgan fingerprint density at radius 3 is 2.15 bits per heavy atom. The van der Waals surface area contributed by atoms with E-state index in [9.17, 15) is 0 Å². The maximum atomic E-state index is 6.60. The van der Waals surface area contributed by atoms with Gasteiger partial charge in [0.05, 0.1) is 42.9 Å². The Kier molecular flexibility index (Phi) is 4.63. The summed E-state index contributed by atoms with van der Waals surface area (Å²) in [7, 11) is 0. The van der Waals surface area contributed by atoms with Crippen LogP contribution in [0.2, 0.25) is 0 Å². The summed E-state index contributed by atoms with van der Waals surface area (Å²) in [5, 5.41) is 0. The fourth-order valence-corrected chi connectivity index (χ4v) is 9.30. The molecule has 3 aromatic rings. The number of morpholine rings is 2. The molecule has 6 nitrogen and oxygen atoms in total. The van der Waals surface area contributed by atoms with Gasteiger partial charge in [0.1, 0.15) is 6.34 Å². The van der Waals surface area contributed by atoms with E-state index in [2.05, 4.69) is 61.9 Å². The zero-order valence-electron chi connectivity index (χ0n) is 15.6. The third kappa shape index (κ3) is 2.80. The van der Waals surface area contributed by atoms with Crippen LogP contribution in [0.15, 0.2) is 36.8 Å². The summed E-state index contributed by atoms with van der Waals surface area (Å²) in [5.41, 5.74) is 5.02. The van der Waals surface area contributed by atoms with Crippen LogP contribution in [0.25, 0.3) is 11.0 Å². The van der Waals surface area contributed by atoms with Crippen molar-refractivity contribution in [2.24, 2.45) is 0 Å². The van der Waals surface area contributed by atoms with Gasteiger partial charge >= 0.3 is 0 Å². The third-order valence-corrected chi connectivity index (χ3v) is 11.0. The van der Waals surface area contributed by atoms with Crippen LogP contribution in [0.3, 0.4) is 0 Å². The summed E-state index contributed by atoms with van der Waals surface area (Å²) < 4.78 is 20.8. The smallest absolute Gasteiger partial charge is 0.123 e. The van der Waals surface area contributed by atoms with Crippen LogP contribution in [-0.4, -0.2) is 70.7 Å². The molecule has 0 bridgehead atoms. The summed E-state index contributed by atoms with van der Waals surface area (Å²) in [6, 6.07) is 6.56. The number of aromatic nitrogens is 2. The van der Waals surface area contributed by atoms with Gasteiger partial charge in [-0.05, 0) is 30.7 Å². The summed E-state index contributed by atoms with van der Waals surface area (Å²) in [6.07, 6.45) is 4.27. The van der Waals surface area contributed by atoms with Crippen molar-refractivity contribution in [3.8, 4) is 0 Å². The predicted octanol–water partition coefficient (Wildman–Crippen LogP) is 2.10. The molecule has 8 heteroatoms. The average Bonchev–Trinajstić information content (AvgIpc) is 3.32. The van der Waals surface area contributed by atoms with Crippen LogP contribution in [-0.2, 0) is 21.3 Å². The molecule has 3 aromatic heterocycles. The van der Waals surface area contributed by atoms with Gasteiger partial charge in [0.25, 0.3) is 0 Å². The lowest BCUT2D eigenvalue weighted by Crippen LogP contribution is -2.47. The van der Waals surface area contributed by atoms with Crippen molar-refractivity contribution < 1.29 is 9.47 Å². The van der Waals surface area contributed by atoms with E-state index in [0.717, 1.165) is 52.6 Å². The maximum absolute atomic E-state index is 6.60. The van der Waals surface area contributed by atoms with Gasteiger partial charge in [-0.25, -0.2) is 0 Å². The van der Waals surface area contributed by atoms with Gasteiger partial charge in [-0.1, -0.05) is 11.8 Å². The Balaban J connectivity index is 1.73. The van der Waals surface area contributed by atoms with Crippen molar-refractivity contribution >= 4 is 34.6 Å². The lowest BCUT2D eigenvalue weighted by Gasteiger charge is -2.45. The van der Waals surface area contributed by atoms with Crippen LogP contribution in [0.5, 0.6) is 0 Å². The summed E-state index contributed by atoms with van der Waals surface area (Å²) in [6.45, 7) is 8.83. The Morgan fingerprint density at radius 1 is 0.889 bits per heavy atom. The summed E-state index contributed by atoms with van der Waals surface area (Å²) >= 11 is 6.60. The summed E-state index contributed by atoms with van der Waals surface area (Å²) in [5.74, 6) is 0. The highest BCUT2D eigenvalue weighted by molar-refractivity contribution is 8.15. The molecule has 5 rings (SSSR count). The first kappa shape index (κ1) is 17.9. The largest absolute Gasteiger partial charge is 0.379 e. The zero-order chi connectivity index (χ0) is 18.4. The number of hydrogen-bond donors (Lipinski definition) is 0. The Morgan fingerprint density at radius 2 is 1.52 bits per heavy atom. The maximum Gasteiger partial charge on any atom is 0.123 e. The van der Waals surface area contributed by atoms with Gasteiger partial charge in [0, 0.05) is 44.8 Å². The van der Waals surface area contributed by atoms with Crippen LogP contribution >= 0.6 is 6.34 Å². The van der Waals surface area contributed by atoms with Gasteiger partial charge in [-0.15, -0.1) is 0 Å². The lowest BCUT2D eigenvalue weighted by molar-refractivity contribution is 0.0589. The molecular formula is C19H25N4O2PS. The monoisotopic (exact) mass is 404 g/mol. The van der Waals surface area contributed by atoms with E-state index in [1.807, 2.05) is 0 Å². The number of aryl methyl sites for hydroxylation is 1. The molecule has 0 spiro atoms. The number of hydrogen-bond acceptors (Lipinski definition) is 3. The highest BCUT2D eigenvalue weighted by Gasteiger charge is 2.39. The highest BCUT2D eigenvalue weighted by atomic mass is 32.4. The molecule has 0 atom stereocenters. The minimum absolute atomic E-state index is 0.758. The molecule has 27 heavy (non-hydrogen) atoms. The van der Waals surface area contributed by atoms with Gasteiger partial charge in [-0.3, -0.25) is 9.34 Å². The van der Waals surface area contributed by atoms with Crippen molar-refractivity contribution in [3.63, 3.8) is 0 Å². The first-order valence-electron chi connectivity index (χ1n) is 9.54. The average molecular weight is 404 g/mol. The standard InChI is InChI=1S/C19H25N4O2PS/c1-16-15-18-17-3-2-4-20(17)5-6-23(18)19(16)26(27,21-7-11-24-12-8-21)22-9-13-25-14-10-22/h2-6,15H,7-14H2,1H3. The van der Waals surface area contributed by atoms with Gasteiger partial charge in [0.15, 0.2) is 0 Å². The quantitative estimate of drug-likeness (QED) is 0.625. The molecule has 0 aliphatic carbocycles. The van der Waals surface area contributed by atoms with Crippen LogP contribution in [0.4, 0.5) is 0 Å². The van der Waals surface area contributed by atoms with E-state index in [1.165, 1.54) is 22.0 Å². The zero-order valence-corrected chi connectivity index (χ0v) is 17.3. The minimum atomic E-state index is -2.12. The van der Waals surface area contributed by atoms with Gasteiger partial charge in [-0.2, -0.15) is 0 Å². The lowest BCUT2D eigenvalue weighted by atomic mass is 10.3. The van der Waals surface area contributed by atoms with Crippen molar-refractivity contribution in [2.45, 2.75) is 6.92 Å². The second kappa shape index (κ2) is 6.99. The molecular weight excluding hydrogens is 379 g/mol. The van der Waals surface area contributed by atoms with Crippen molar-refractivity contribution in [1.82, 2.24) is 18.1 Å². The molecule has 0 N–H and O–H groups in total. The fraction of sp³-hybridized carbons (Fsp3) is 0.474. The number of nitrogens with zero attached hydrogens (tertiary/aromatic N) is 4. The van der Waals surface area contributed by atoms with Crippen molar-refractivity contribution in [3.05, 3.63) is 42.4 Å². The molecule has 0 radical (unpaired) electrons.